The fraction of sp³-hybridized carbons (Fsp3) is 0.629. The van der Waals surface area contributed by atoms with Gasteiger partial charge in [-0.25, -0.2) is 4.79 Å². The SMILES string of the molecule is CCCCCCCCCCCc1c(O)cc(O)cc1C(=O)O[C@H](CCC)CCCCCCCc1cc(OS(=O)(=O)O)cc(OS(=O)(=O)O)c1. The highest BCUT2D eigenvalue weighted by Gasteiger charge is 2.21. The number of carbonyl (C=O) groups excluding carboxylic acids is 1. The molecule has 1 atom stereocenters. The molecule has 0 saturated carbocycles. The van der Waals surface area contributed by atoms with Crippen molar-refractivity contribution < 1.29 is 54.1 Å². The van der Waals surface area contributed by atoms with Gasteiger partial charge in [-0.2, -0.15) is 16.8 Å². The molecule has 49 heavy (non-hydrogen) atoms. The molecule has 0 aliphatic heterocycles. The third-order valence-electron chi connectivity index (χ3n) is 8.18. The van der Waals surface area contributed by atoms with Crippen molar-refractivity contribution in [1.82, 2.24) is 0 Å². The van der Waals surface area contributed by atoms with Crippen LogP contribution in [-0.2, 0) is 38.4 Å². The minimum Gasteiger partial charge on any atom is -0.508 e. The van der Waals surface area contributed by atoms with Crippen LogP contribution < -0.4 is 8.37 Å². The molecule has 12 nitrogen and oxygen atoms in total. The molecule has 0 heterocycles. The summed E-state index contributed by atoms with van der Waals surface area (Å²) in [5.41, 5.74) is 1.19. The van der Waals surface area contributed by atoms with Gasteiger partial charge in [0.1, 0.15) is 29.1 Å². The van der Waals surface area contributed by atoms with Gasteiger partial charge in [0.15, 0.2) is 0 Å². The van der Waals surface area contributed by atoms with Crippen LogP contribution in [0.1, 0.15) is 144 Å². The van der Waals surface area contributed by atoms with E-state index in [9.17, 15) is 31.8 Å². The summed E-state index contributed by atoms with van der Waals surface area (Å²) in [5, 5.41) is 20.7. The van der Waals surface area contributed by atoms with Gasteiger partial charge in [0, 0.05) is 17.7 Å². The average Bonchev–Trinajstić information content (AvgIpc) is 2.98. The Morgan fingerprint density at radius 3 is 1.67 bits per heavy atom. The number of unbranched alkanes of at least 4 members (excludes halogenated alkanes) is 12. The van der Waals surface area contributed by atoms with Gasteiger partial charge < -0.3 is 23.3 Å². The number of aromatic hydroxyl groups is 2. The minimum atomic E-state index is -4.86. The lowest BCUT2D eigenvalue weighted by molar-refractivity contribution is 0.0251. The van der Waals surface area contributed by atoms with Crippen molar-refractivity contribution in [2.24, 2.45) is 0 Å². The smallest absolute Gasteiger partial charge is 0.446 e. The van der Waals surface area contributed by atoms with Crippen molar-refractivity contribution in [2.75, 3.05) is 0 Å². The molecule has 0 radical (unpaired) electrons. The number of ether oxygens (including phenoxy) is 1. The number of phenols is 2. The van der Waals surface area contributed by atoms with E-state index in [0.717, 1.165) is 57.4 Å². The van der Waals surface area contributed by atoms with E-state index in [2.05, 4.69) is 15.3 Å². The van der Waals surface area contributed by atoms with E-state index in [0.29, 0.717) is 43.2 Å². The van der Waals surface area contributed by atoms with Crippen molar-refractivity contribution in [1.29, 1.82) is 0 Å². The molecule has 0 spiro atoms. The van der Waals surface area contributed by atoms with E-state index < -0.39 is 26.8 Å². The maximum absolute atomic E-state index is 13.3. The summed E-state index contributed by atoms with van der Waals surface area (Å²) in [6.07, 6.45) is 17.2. The van der Waals surface area contributed by atoms with Gasteiger partial charge in [0.2, 0.25) is 0 Å². The van der Waals surface area contributed by atoms with E-state index in [1.807, 2.05) is 6.92 Å². The van der Waals surface area contributed by atoms with E-state index in [1.165, 1.54) is 62.8 Å². The lowest BCUT2D eigenvalue weighted by atomic mass is 9.98. The van der Waals surface area contributed by atoms with Crippen molar-refractivity contribution in [3.05, 3.63) is 47.0 Å². The third-order valence-corrected chi connectivity index (χ3v) is 8.99. The Morgan fingerprint density at radius 1 is 0.633 bits per heavy atom. The Hall–Kier alpha value is -3.07. The van der Waals surface area contributed by atoms with Gasteiger partial charge in [0.25, 0.3) is 0 Å². The summed E-state index contributed by atoms with van der Waals surface area (Å²) < 4.78 is 77.1. The first-order valence-corrected chi connectivity index (χ1v) is 20.2. The lowest BCUT2D eigenvalue weighted by Gasteiger charge is -2.19. The predicted molar refractivity (Wildman–Crippen MR) is 187 cm³/mol. The molecular formula is C35H54O12S2. The summed E-state index contributed by atoms with van der Waals surface area (Å²) >= 11 is 0. The second kappa shape index (κ2) is 21.9. The quantitative estimate of drug-likeness (QED) is 0.0410. The van der Waals surface area contributed by atoms with Crippen LogP contribution in [0.3, 0.4) is 0 Å². The monoisotopic (exact) mass is 730 g/mol. The number of benzene rings is 2. The van der Waals surface area contributed by atoms with Crippen molar-refractivity contribution in [3.8, 4) is 23.0 Å². The molecule has 2 rings (SSSR count). The minimum absolute atomic E-state index is 0.0987. The Labute approximate surface area is 292 Å². The van der Waals surface area contributed by atoms with Gasteiger partial charge in [-0.05, 0) is 68.7 Å². The topological polar surface area (TPSA) is 194 Å². The summed E-state index contributed by atoms with van der Waals surface area (Å²) in [7, 11) is -9.72. The van der Waals surface area contributed by atoms with Crippen molar-refractivity contribution in [3.63, 3.8) is 0 Å². The molecule has 0 saturated heterocycles. The molecule has 2 aromatic carbocycles. The van der Waals surface area contributed by atoms with E-state index in [1.54, 1.807) is 0 Å². The standard InChI is InChI=1S/C35H54O12S2/c1-3-5-6-7-8-9-10-14-17-21-32-33(24-28(36)25-34(32)37)35(38)45-29(18-4-2)20-16-13-11-12-15-19-27-22-30(46-48(39,40)41)26-31(23-27)47-49(42,43)44/h22-26,29,36-37H,3-21H2,1-2H3,(H,39,40,41)(H,42,43,44)/t29-/m1/s1. The van der Waals surface area contributed by atoms with Crippen LogP contribution in [0.25, 0.3) is 0 Å². The molecular weight excluding hydrogens is 677 g/mol. The molecule has 2 aromatic rings. The number of rotatable bonds is 26. The van der Waals surface area contributed by atoms with Crippen molar-refractivity contribution >= 4 is 26.8 Å². The molecule has 0 aromatic heterocycles. The van der Waals surface area contributed by atoms with Crippen LogP contribution in [0.2, 0.25) is 0 Å². The van der Waals surface area contributed by atoms with Crippen LogP contribution in [0.4, 0.5) is 0 Å². The fourth-order valence-electron chi connectivity index (χ4n) is 5.84. The van der Waals surface area contributed by atoms with E-state index >= 15 is 0 Å². The van der Waals surface area contributed by atoms with Crippen LogP contribution in [-0.4, -0.2) is 48.2 Å². The van der Waals surface area contributed by atoms with Gasteiger partial charge in [-0.15, -0.1) is 0 Å². The summed E-state index contributed by atoms with van der Waals surface area (Å²) in [6.45, 7) is 4.22. The van der Waals surface area contributed by atoms with Gasteiger partial charge in [-0.1, -0.05) is 90.9 Å². The van der Waals surface area contributed by atoms with Crippen LogP contribution in [0.15, 0.2) is 30.3 Å². The second-order valence-electron chi connectivity index (χ2n) is 12.5. The number of phenolic OH excluding ortho intramolecular Hbond substituents is 2. The molecule has 0 fully saturated rings. The zero-order valence-electron chi connectivity index (χ0n) is 28.8. The van der Waals surface area contributed by atoms with Crippen LogP contribution >= 0.6 is 0 Å². The first kappa shape index (κ1) is 42.1. The number of esters is 1. The van der Waals surface area contributed by atoms with E-state index in [4.69, 9.17) is 13.8 Å². The van der Waals surface area contributed by atoms with Gasteiger partial charge in [-0.3, -0.25) is 9.11 Å². The maximum atomic E-state index is 13.3. The number of hydrogen-bond acceptors (Lipinski definition) is 10. The van der Waals surface area contributed by atoms with Crippen molar-refractivity contribution in [2.45, 2.75) is 142 Å². The molecule has 14 heteroatoms. The molecule has 0 aliphatic rings. The maximum Gasteiger partial charge on any atom is 0.446 e. The molecule has 0 aliphatic carbocycles. The molecule has 0 amide bonds. The highest BCUT2D eigenvalue weighted by Crippen LogP contribution is 2.31. The summed E-state index contributed by atoms with van der Waals surface area (Å²) in [6, 6.07) is 6.19. The number of hydrogen-bond donors (Lipinski definition) is 4. The first-order valence-electron chi connectivity index (χ1n) is 17.4. The highest BCUT2D eigenvalue weighted by molar-refractivity contribution is 7.81. The zero-order valence-corrected chi connectivity index (χ0v) is 30.4. The molecule has 4 N–H and O–H groups in total. The Bertz CT molecular complexity index is 1450. The molecule has 278 valence electrons. The zero-order chi connectivity index (χ0) is 36.3. The van der Waals surface area contributed by atoms with Gasteiger partial charge in [0.05, 0.1) is 5.56 Å². The lowest BCUT2D eigenvalue weighted by Crippen LogP contribution is -2.19. The normalized spacial score (nSPS) is 12.5. The van der Waals surface area contributed by atoms with Crippen LogP contribution in [0, 0.1) is 0 Å². The number of carbonyl (C=O) groups is 1. The Kier molecular flexibility index (Phi) is 18.8. The Morgan fingerprint density at radius 2 is 1.14 bits per heavy atom. The summed E-state index contributed by atoms with van der Waals surface area (Å²) in [5.74, 6) is -1.57. The summed E-state index contributed by atoms with van der Waals surface area (Å²) in [4.78, 5) is 13.3. The first-order chi connectivity index (χ1) is 23.2. The average molecular weight is 731 g/mol. The Balaban J connectivity index is 1.84. The molecule has 0 bridgehead atoms. The van der Waals surface area contributed by atoms with Crippen LogP contribution in [0.5, 0.6) is 23.0 Å². The van der Waals surface area contributed by atoms with E-state index in [-0.39, 0.29) is 34.7 Å². The molecule has 0 unspecified atom stereocenters. The second-order valence-corrected chi connectivity index (χ2v) is 14.6. The largest absolute Gasteiger partial charge is 0.508 e. The highest BCUT2D eigenvalue weighted by atomic mass is 32.3. The predicted octanol–water partition coefficient (Wildman–Crippen LogP) is 8.44. The third kappa shape index (κ3) is 18.5. The fourth-order valence-corrected chi connectivity index (χ4v) is 6.52. The number of aryl methyl sites for hydroxylation is 1. The van der Waals surface area contributed by atoms with Gasteiger partial charge >= 0.3 is 26.8 Å².